The number of aryl methyl sites for hydroxylation is 1. The van der Waals surface area contributed by atoms with Crippen LogP contribution in [0, 0.1) is 12.8 Å². The molecule has 0 bridgehead atoms. The van der Waals surface area contributed by atoms with Crippen LogP contribution in [0.25, 0.3) is 0 Å². The highest BCUT2D eigenvalue weighted by molar-refractivity contribution is 7.12. The van der Waals surface area contributed by atoms with Crippen molar-refractivity contribution >= 4 is 23.2 Å². The van der Waals surface area contributed by atoms with Gasteiger partial charge in [0, 0.05) is 0 Å². The maximum Gasteiger partial charge on any atom is 0.262 e. The van der Waals surface area contributed by atoms with Crippen molar-refractivity contribution in [2.45, 2.75) is 26.8 Å². The number of carbonyl (C=O) groups is 2. The van der Waals surface area contributed by atoms with Gasteiger partial charge in [-0.25, -0.2) is 0 Å². The SMILES string of the molecule is Cc1ccccc1OCCNC(=O)C(NC(=O)c1cccs1)C(C)C. The monoisotopic (exact) mass is 360 g/mol. The summed E-state index contributed by atoms with van der Waals surface area (Å²) in [7, 11) is 0. The molecule has 0 aliphatic carbocycles. The number of nitrogens with one attached hydrogen (secondary N) is 2. The van der Waals surface area contributed by atoms with Gasteiger partial charge in [0.15, 0.2) is 0 Å². The first-order valence-electron chi connectivity index (χ1n) is 8.29. The van der Waals surface area contributed by atoms with Gasteiger partial charge < -0.3 is 15.4 Å². The molecule has 1 heterocycles. The first-order valence-corrected chi connectivity index (χ1v) is 9.17. The average molecular weight is 360 g/mol. The summed E-state index contributed by atoms with van der Waals surface area (Å²) in [5.74, 6) is 0.373. The molecule has 2 amide bonds. The summed E-state index contributed by atoms with van der Waals surface area (Å²) < 4.78 is 5.67. The van der Waals surface area contributed by atoms with Crippen LogP contribution < -0.4 is 15.4 Å². The van der Waals surface area contributed by atoms with Crippen molar-refractivity contribution in [2.24, 2.45) is 5.92 Å². The van der Waals surface area contributed by atoms with E-state index < -0.39 is 6.04 Å². The van der Waals surface area contributed by atoms with Crippen LogP contribution in [-0.2, 0) is 4.79 Å². The van der Waals surface area contributed by atoms with E-state index in [4.69, 9.17) is 4.74 Å². The van der Waals surface area contributed by atoms with Crippen molar-refractivity contribution in [1.82, 2.24) is 10.6 Å². The minimum atomic E-state index is -0.576. The van der Waals surface area contributed by atoms with Crippen LogP contribution in [0.3, 0.4) is 0 Å². The van der Waals surface area contributed by atoms with Crippen LogP contribution >= 0.6 is 11.3 Å². The Kier molecular flexibility index (Phi) is 7.01. The molecule has 6 heteroatoms. The Morgan fingerprint density at radius 3 is 2.56 bits per heavy atom. The van der Waals surface area contributed by atoms with E-state index in [-0.39, 0.29) is 17.7 Å². The van der Waals surface area contributed by atoms with Gasteiger partial charge in [-0.3, -0.25) is 9.59 Å². The summed E-state index contributed by atoms with van der Waals surface area (Å²) in [6.45, 7) is 6.54. The number of thiophene rings is 1. The molecule has 1 aromatic carbocycles. The number of amides is 2. The van der Waals surface area contributed by atoms with E-state index in [0.717, 1.165) is 11.3 Å². The van der Waals surface area contributed by atoms with E-state index in [1.807, 2.05) is 56.5 Å². The third-order valence-electron chi connectivity index (χ3n) is 3.73. The Bertz CT molecular complexity index is 698. The fourth-order valence-corrected chi connectivity index (χ4v) is 2.95. The normalized spacial score (nSPS) is 11.8. The van der Waals surface area contributed by atoms with Crippen molar-refractivity contribution in [1.29, 1.82) is 0 Å². The van der Waals surface area contributed by atoms with Gasteiger partial charge >= 0.3 is 0 Å². The molecule has 134 valence electrons. The van der Waals surface area contributed by atoms with E-state index in [0.29, 0.717) is 18.0 Å². The fraction of sp³-hybridized carbons (Fsp3) is 0.368. The topological polar surface area (TPSA) is 67.4 Å². The zero-order valence-corrected chi connectivity index (χ0v) is 15.6. The highest BCUT2D eigenvalue weighted by atomic mass is 32.1. The van der Waals surface area contributed by atoms with E-state index in [1.165, 1.54) is 11.3 Å². The van der Waals surface area contributed by atoms with Crippen molar-refractivity contribution in [3.05, 3.63) is 52.2 Å². The maximum absolute atomic E-state index is 12.4. The Morgan fingerprint density at radius 1 is 1.16 bits per heavy atom. The van der Waals surface area contributed by atoms with E-state index >= 15 is 0 Å². The second-order valence-corrected chi connectivity index (χ2v) is 7.03. The van der Waals surface area contributed by atoms with Gasteiger partial charge in [0.1, 0.15) is 18.4 Å². The lowest BCUT2D eigenvalue weighted by atomic mass is 10.0. The quantitative estimate of drug-likeness (QED) is 0.711. The summed E-state index contributed by atoms with van der Waals surface area (Å²) >= 11 is 1.35. The molecule has 2 N–H and O–H groups in total. The van der Waals surface area contributed by atoms with Crippen LogP contribution in [-0.4, -0.2) is 31.0 Å². The van der Waals surface area contributed by atoms with Crippen molar-refractivity contribution in [3.63, 3.8) is 0 Å². The molecule has 0 aliphatic heterocycles. The molecule has 1 aromatic heterocycles. The lowest BCUT2D eigenvalue weighted by Gasteiger charge is -2.21. The van der Waals surface area contributed by atoms with Gasteiger partial charge in [0.2, 0.25) is 5.91 Å². The summed E-state index contributed by atoms with van der Waals surface area (Å²) in [5.41, 5.74) is 1.05. The maximum atomic E-state index is 12.4. The Hall–Kier alpha value is -2.34. The number of rotatable bonds is 8. The summed E-state index contributed by atoms with van der Waals surface area (Å²) in [4.78, 5) is 25.2. The van der Waals surface area contributed by atoms with Crippen LogP contribution in [0.2, 0.25) is 0 Å². The second kappa shape index (κ2) is 9.22. The Morgan fingerprint density at radius 2 is 1.92 bits per heavy atom. The van der Waals surface area contributed by atoms with Gasteiger partial charge in [-0.05, 0) is 35.9 Å². The predicted octanol–water partition coefficient (Wildman–Crippen LogP) is 3.01. The number of benzene rings is 1. The fourth-order valence-electron chi connectivity index (χ4n) is 2.32. The molecule has 0 saturated heterocycles. The highest BCUT2D eigenvalue weighted by Gasteiger charge is 2.24. The van der Waals surface area contributed by atoms with Gasteiger partial charge in [-0.15, -0.1) is 11.3 Å². The molecule has 5 nitrogen and oxygen atoms in total. The molecular formula is C19H24N2O3S. The van der Waals surface area contributed by atoms with Gasteiger partial charge in [0.25, 0.3) is 5.91 Å². The van der Waals surface area contributed by atoms with Crippen molar-refractivity contribution < 1.29 is 14.3 Å². The van der Waals surface area contributed by atoms with Crippen LogP contribution in [0.1, 0.15) is 29.1 Å². The minimum Gasteiger partial charge on any atom is -0.491 e. The van der Waals surface area contributed by atoms with E-state index in [1.54, 1.807) is 6.07 Å². The van der Waals surface area contributed by atoms with Crippen molar-refractivity contribution in [3.8, 4) is 5.75 Å². The molecule has 1 atom stereocenters. The molecule has 2 rings (SSSR count). The summed E-state index contributed by atoms with van der Waals surface area (Å²) in [6, 6.07) is 10.7. The molecule has 0 spiro atoms. The lowest BCUT2D eigenvalue weighted by molar-refractivity contribution is -0.124. The molecular weight excluding hydrogens is 336 g/mol. The van der Waals surface area contributed by atoms with Gasteiger partial charge in [0.05, 0.1) is 11.4 Å². The Balaban J connectivity index is 1.82. The average Bonchev–Trinajstić information content (AvgIpc) is 3.12. The van der Waals surface area contributed by atoms with Crippen LogP contribution in [0.15, 0.2) is 41.8 Å². The third-order valence-corrected chi connectivity index (χ3v) is 4.60. The smallest absolute Gasteiger partial charge is 0.262 e. The summed E-state index contributed by atoms with van der Waals surface area (Å²) in [5, 5.41) is 7.47. The highest BCUT2D eigenvalue weighted by Crippen LogP contribution is 2.15. The van der Waals surface area contributed by atoms with E-state index in [9.17, 15) is 9.59 Å². The van der Waals surface area contributed by atoms with Gasteiger partial charge in [-0.1, -0.05) is 38.1 Å². The molecule has 25 heavy (non-hydrogen) atoms. The molecule has 0 fully saturated rings. The zero-order valence-electron chi connectivity index (χ0n) is 14.7. The molecule has 1 unspecified atom stereocenters. The zero-order chi connectivity index (χ0) is 18.2. The van der Waals surface area contributed by atoms with E-state index in [2.05, 4.69) is 10.6 Å². The molecule has 0 saturated carbocycles. The number of para-hydroxylation sites is 1. The van der Waals surface area contributed by atoms with Crippen LogP contribution in [0.4, 0.5) is 0 Å². The largest absolute Gasteiger partial charge is 0.491 e. The van der Waals surface area contributed by atoms with Crippen LogP contribution in [0.5, 0.6) is 5.75 Å². The number of ether oxygens (including phenoxy) is 1. The number of carbonyl (C=O) groups excluding carboxylic acids is 2. The third kappa shape index (κ3) is 5.60. The number of hydrogen-bond acceptors (Lipinski definition) is 4. The number of hydrogen-bond donors (Lipinski definition) is 2. The lowest BCUT2D eigenvalue weighted by Crippen LogP contribution is -2.50. The predicted molar refractivity (Wildman–Crippen MR) is 100 cm³/mol. The van der Waals surface area contributed by atoms with Gasteiger partial charge in [-0.2, -0.15) is 0 Å². The molecule has 2 aromatic rings. The standard InChI is InChI=1S/C19H24N2O3S/c1-13(2)17(21-18(22)16-9-6-12-25-16)19(23)20-10-11-24-15-8-5-4-7-14(15)3/h4-9,12-13,17H,10-11H2,1-3H3,(H,20,23)(H,21,22). The summed E-state index contributed by atoms with van der Waals surface area (Å²) in [6.07, 6.45) is 0. The second-order valence-electron chi connectivity index (χ2n) is 6.08. The first kappa shape index (κ1) is 19.0. The first-order chi connectivity index (χ1) is 12.0. The minimum absolute atomic E-state index is 0.0128. The molecule has 0 radical (unpaired) electrons. The molecule has 0 aliphatic rings. The van der Waals surface area contributed by atoms with Crippen molar-refractivity contribution in [2.75, 3.05) is 13.2 Å². The Labute approximate surface area is 152 Å².